The van der Waals surface area contributed by atoms with E-state index in [1.54, 1.807) is 0 Å². The molecule has 0 saturated heterocycles. The molecule has 0 bridgehead atoms. The third-order valence-electron chi connectivity index (χ3n) is 17.3. The average molecular weight is 960 g/mol. The first-order valence-electron chi connectivity index (χ1n) is 26.6. The first-order chi connectivity index (χ1) is 37.7. The van der Waals surface area contributed by atoms with Gasteiger partial charge in [-0.15, -0.1) is 0 Å². The van der Waals surface area contributed by atoms with Gasteiger partial charge in [0.05, 0.1) is 16.4 Å². The molecule has 0 unspecified atom stereocenters. The van der Waals surface area contributed by atoms with E-state index < -0.39 is 5.41 Å². The van der Waals surface area contributed by atoms with Gasteiger partial charge in [0.2, 0.25) is 0 Å². The monoisotopic (exact) mass is 959 g/mol. The van der Waals surface area contributed by atoms with Crippen LogP contribution in [-0.2, 0) is 5.41 Å². The van der Waals surface area contributed by atoms with Crippen LogP contribution in [0, 0.1) is 0 Å². The average Bonchev–Trinajstić information content (AvgIpc) is 4.27. The quantitative estimate of drug-likeness (QED) is 0.122. The van der Waals surface area contributed by atoms with E-state index in [0.717, 1.165) is 0 Å². The third kappa shape index (κ3) is 5.53. The van der Waals surface area contributed by atoms with Gasteiger partial charge in [-0.05, 0) is 186 Å². The van der Waals surface area contributed by atoms with Crippen LogP contribution in [0.1, 0.15) is 22.3 Å². The van der Waals surface area contributed by atoms with Crippen molar-refractivity contribution < 1.29 is 0 Å². The fourth-order valence-corrected chi connectivity index (χ4v) is 14.3. The van der Waals surface area contributed by atoms with Crippen molar-refractivity contribution in [3.05, 3.63) is 295 Å². The van der Waals surface area contributed by atoms with Gasteiger partial charge >= 0.3 is 0 Å². The van der Waals surface area contributed by atoms with Crippen LogP contribution in [0.5, 0.6) is 0 Å². The number of benzene rings is 14. The van der Waals surface area contributed by atoms with Gasteiger partial charge in [0.15, 0.2) is 0 Å². The summed E-state index contributed by atoms with van der Waals surface area (Å²) in [6.07, 6.45) is 0. The van der Waals surface area contributed by atoms with Crippen molar-refractivity contribution in [3.63, 3.8) is 0 Å². The van der Waals surface area contributed by atoms with Crippen LogP contribution >= 0.6 is 0 Å². The molecular formula is C75H45N. The SMILES string of the molecule is c1ccc(-n2c3ccccc3c3cc(-c4c5ccccc5c(-c5cccc(-c6ccc7cc8c(cc7c6)C6(c7ccccc7-c7ccccc76)c6c-8c7ccccc7c7ccccc67)c5)c5ccccc45)ccc32)cc1. The Bertz CT molecular complexity index is 4890. The lowest BCUT2D eigenvalue weighted by molar-refractivity contribution is 0.803. The molecule has 14 aromatic carbocycles. The number of hydrogen-bond donors (Lipinski definition) is 0. The molecule has 2 aliphatic carbocycles. The Hall–Kier alpha value is -9.82. The van der Waals surface area contributed by atoms with E-state index in [-0.39, 0.29) is 0 Å². The Morgan fingerprint density at radius 1 is 0.237 bits per heavy atom. The minimum absolute atomic E-state index is 0.493. The number of hydrogen-bond acceptors (Lipinski definition) is 0. The molecule has 76 heavy (non-hydrogen) atoms. The van der Waals surface area contributed by atoms with E-state index in [1.165, 1.54) is 159 Å². The van der Waals surface area contributed by atoms with Crippen molar-refractivity contribution in [1.29, 1.82) is 0 Å². The van der Waals surface area contributed by atoms with Crippen LogP contribution in [-0.4, -0.2) is 4.57 Å². The highest BCUT2D eigenvalue weighted by molar-refractivity contribution is 6.24. The first kappa shape index (κ1) is 41.6. The molecule has 0 saturated carbocycles. The lowest BCUT2D eigenvalue weighted by atomic mass is 9.69. The smallest absolute Gasteiger partial charge is 0.0731 e. The Labute approximate surface area is 439 Å². The number of aromatic nitrogens is 1. The van der Waals surface area contributed by atoms with Gasteiger partial charge in [0.25, 0.3) is 0 Å². The van der Waals surface area contributed by atoms with Crippen molar-refractivity contribution in [2.45, 2.75) is 5.41 Å². The summed E-state index contributed by atoms with van der Waals surface area (Å²) >= 11 is 0. The Morgan fingerprint density at radius 2 is 0.724 bits per heavy atom. The highest BCUT2D eigenvalue weighted by Crippen LogP contribution is 2.66. The van der Waals surface area contributed by atoms with E-state index in [4.69, 9.17) is 0 Å². The Balaban J connectivity index is 0.854. The topological polar surface area (TPSA) is 4.93 Å². The van der Waals surface area contributed by atoms with Crippen LogP contribution in [0.4, 0.5) is 0 Å². The summed E-state index contributed by atoms with van der Waals surface area (Å²) < 4.78 is 2.40. The van der Waals surface area contributed by atoms with Gasteiger partial charge in [-0.25, -0.2) is 0 Å². The summed E-state index contributed by atoms with van der Waals surface area (Å²) in [4.78, 5) is 0. The fraction of sp³-hybridized carbons (Fsp3) is 0.0133. The molecule has 0 N–H and O–H groups in total. The minimum atomic E-state index is -0.493. The van der Waals surface area contributed by atoms with E-state index >= 15 is 0 Å². The van der Waals surface area contributed by atoms with E-state index in [9.17, 15) is 0 Å². The largest absolute Gasteiger partial charge is 0.309 e. The second kappa shape index (κ2) is 15.6. The molecule has 0 amide bonds. The summed E-state index contributed by atoms with van der Waals surface area (Å²) in [5.41, 5.74) is 21.3. The molecule has 350 valence electrons. The normalized spacial score (nSPS) is 13.1. The lowest BCUT2D eigenvalue weighted by Crippen LogP contribution is -2.26. The zero-order valence-electron chi connectivity index (χ0n) is 41.4. The lowest BCUT2D eigenvalue weighted by Gasteiger charge is -2.32. The molecule has 2 aliphatic rings. The van der Waals surface area contributed by atoms with Gasteiger partial charge in [0, 0.05) is 16.5 Å². The van der Waals surface area contributed by atoms with Crippen LogP contribution in [0.2, 0.25) is 0 Å². The van der Waals surface area contributed by atoms with Crippen LogP contribution < -0.4 is 0 Å². The van der Waals surface area contributed by atoms with Crippen molar-refractivity contribution in [1.82, 2.24) is 4.57 Å². The molecule has 0 atom stereocenters. The molecule has 0 fully saturated rings. The standard InChI is InChI=1S/C75H45N/c1-2-21-52(22-3-1)76-69-36-17-14-27-57(69)64-44-50(39-40-70(64)76)72-61-31-9-7-29-59(61)71(60-30-8-10-32-62(60)72)49-20-18-19-46(41-49)47-37-38-48-43-65-68(45-51(48)42-47)75(66-34-15-12-25-55(66)56-26-13-16-35-67(56)75)74-63-33-11-5-24-54(63)53-23-4-6-28-58(53)73(65)74/h1-45H. The first-order valence-corrected chi connectivity index (χ1v) is 26.6. The maximum absolute atomic E-state index is 2.55. The van der Waals surface area contributed by atoms with Crippen molar-refractivity contribution in [3.8, 4) is 61.3 Å². The molecule has 1 heteroatoms. The highest BCUT2D eigenvalue weighted by atomic mass is 15.0. The maximum Gasteiger partial charge on any atom is 0.0731 e. The molecular weight excluding hydrogens is 915 g/mol. The molecule has 0 aliphatic heterocycles. The molecule has 1 aromatic heterocycles. The van der Waals surface area contributed by atoms with Crippen molar-refractivity contribution in [2.24, 2.45) is 0 Å². The summed E-state index contributed by atoms with van der Waals surface area (Å²) in [5.74, 6) is 0. The van der Waals surface area contributed by atoms with Gasteiger partial charge in [-0.3, -0.25) is 0 Å². The summed E-state index contributed by atoms with van der Waals surface area (Å²) in [5, 5.41) is 15.2. The zero-order chi connectivity index (χ0) is 49.6. The van der Waals surface area contributed by atoms with Gasteiger partial charge in [0.1, 0.15) is 0 Å². The predicted molar refractivity (Wildman–Crippen MR) is 321 cm³/mol. The highest BCUT2D eigenvalue weighted by Gasteiger charge is 2.53. The van der Waals surface area contributed by atoms with E-state index in [1.807, 2.05) is 0 Å². The number of fused-ring (bicyclic) bond motifs is 21. The summed E-state index contributed by atoms with van der Waals surface area (Å²) in [7, 11) is 0. The molecule has 17 rings (SSSR count). The van der Waals surface area contributed by atoms with Crippen molar-refractivity contribution >= 4 is 75.7 Å². The van der Waals surface area contributed by atoms with Crippen LogP contribution in [0.15, 0.2) is 273 Å². The van der Waals surface area contributed by atoms with Gasteiger partial charge < -0.3 is 4.57 Å². The predicted octanol–water partition coefficient (Wildman–Crippen LogP) is 19.9. The van der Waals surface area contributed by atoms with E-state index in [2.05, 4.69) is 278 Å². The number of nitrogens with zero attached hydrogens (tertiary/aromatic N) is 1. The fourth-order valence-electron chi connectivity index (χ4n) is 14.3. The minimum Gasteiger partial charge on any atom is -0.309 e. The Morgan fingerprint density at radius 3 is 1.39 bits per heavy atom. The second-order valence-corrected chi connectivity index (χ2v) is 21.0. The maximum atomic E-state index is 2.55. The van der Waals surface area contributed by atoms with E-state index in [0.29, 0.717) is 0 Å². The number of para-hydroxylation sites is 2. The zero-order valence-corrected chi connectivity index (χ0v) is 41.4. The van der Waals surface area contributed by atoms with Gasteiger partial charge in [-0.1, -0.05) is 218 Å². The molecule has 1 nitrogen and oxygen atoms in total. The molecule has 0 radical (unpaired) electrons. The number of rotatable bonds is 4. The molecule has 15 aromatic rings. The van der Waals surface area contributed by atoms with Gasteiger partial charge in [-0.2, -0.15) is 0 Å². The third-order valence-corrected chi connectivity index (χ3v) is 17.3. The summed E-state index contributed by atoms with van der Waals surface area (Å²) in [6.45, 7) is 0. The summed E-state index contributed by atoms with van der Waals surface area (Å²) in [6, 6.07) is 103. The van der Waals surface area contributed by atoms with Crippen LogP contribution in [0.3, 0.4) is 0 Å². The van der Waals surface area contributed by atoms with Crippen molar-refractivity contribution in [2.75, 3.05) is 0 Å². The molecule has 1 spiro atoms. The molecule has 1 heterocycles. The second-order valence-electron chi connectivity index (χ2n) is 21.0. The van der Waals surface area contributed by atoms with Crippen LogP contribution in [0.25, 0.3) is 137 Å². The Kier molecular flexibility index (Phi) is 8.55.